The summed E-state index contributed by atoms with van der Waals surface area (Å²) >= 11 is 0. The van der Waals surface area contributed by atoms with Gasteiger partial charge in [-0.15, -0.1) is 0 Å². The van der Waals surface area contributed by atoms with Gasteiger partial charge in [-0.25, -0.2) is 4.99 Å². The smallest absolute Gasteiger partial charge is 0.387 e. The number of para-hydroxylation sites is 1. The van der Waals surface area contributed by atoms with E-state index in [1.165, 1.54) is 12.8 Å². The van der Waals surface area contributed by atoms with Gasteiger partial charge in [0.2, 0.25) is 0 Å². The molecule has 0 saturated carbocycles. The number of aliphatic imine (C=N–C) groups is 1. The Morgan fingerprint density at radius 1 is 1.21 bits per heavy atom. The molecule has 2 saturated heterocycles. The SMILES string of the molecule is CCNC(=NCc1ccccc1OC(F)F)NCC1(N2CCCC2)CCOCC1. The van der Waals surface area contributed by atoms with Gasteiger partial charge in [-0.2, -0.15) is 8.78 Å². The molecule has 29 heavy (non-hydrogen) atoms. The first-order valence-electron chi connectivity index (χ1n) is 10.5. The fraction of sp³-hybridized carbons (Fsp3) is 0.667. The van der Waals surface area contributed by atoms with Crippen molar-refractivity contribution in [1.82, 2.24) is 15.5 Å². The Kier molecular flexibility index (Phi) is 8.06. The van der Waals surface area contributed by atoms with Crippen molar-refractivity contribution in [3.05, 3.63) is 29.8 Å². The lowest BCUT2D eigenvalue weighted by atomic mass is 9.88. The molecule has 8 heteroatoms. The van der Waals surface area contributed by atoms with Gasteiger partial charge in [0, 0.05) is 37.4 Å². The Morgan fingerprint density at radius 3 is 2.62 bits per heavy atom. The van der Waals surface area contributed by atoms with Crippen LogP contribution in [0.2, 0.25) is 0 Å². The normalized spacial score (nSPS) is 20.1. The number of rotatable bonds is 8. The van der Waals surface area contributed by atoms with Crippen LogP contribution in [0.25, 0.3) is 0 Å². The standard InChI is InChI=1S/C21H32F2N4O2/c1-2-24-20(25-15-17-7-3-4-8-18(17)29-19(22)23)26-16-21(9-13-28-14-10-21)27-11-5-6-12-27/h3-4,7-8,19H,2,5-6,9-16H2,1H3,(H2,24,25,26). The molecular weight excluding hydrogens is 378 g/mol. The Labute approximate surface area is 171 Å². The first kappa shape index (κ1) is 21.8. The molecule has 1 aromatic rings. The maximum absolute atomic E-state index is 12.6. The zero-order chi connectivity index (χ0) is 20.5. The van der Waals surface area contributed by atoms with Crippen LogP contribution in [0.15, 0.2) is 29.3 Å². The van der Waals surface area contributed by atoms with E-state index in [9.17, 15) is 8.78 Å². The van der Waals surface area contributed by atoms with E-state index in [1.54, 1.807) is 24.3 Å². The highest BCUT2D eigenvalue weighted by Gasteiger charge is 2.39. The first-order chi connectivity index (χ1) is 14.1. The van der Waals surface area contributed by atoms with E-state index in [1.807, 2.05) is 6.92 Å². The number of ether oxygens (including phenoxy) is 2. The molecule has 1 aromatic carbocycles. The highest BCUT2D eigenvalue weighted by molar-refractivity contribution is 5.79. The zero-order valence-corrected chi connectivity index (χ0v) is 17.1. The van der Waals surface area contributed by atoms with Crippen molar-refractivity contribution in [1.29, 1.82) is 0 Å². The Morgan fingerprint density at radius 2 is 1.93 bits per heavy atom. The van der Waals surface area contributed by atoms with Crippen LogP contribution in [0.5, 0.6) is 5.75 Å². The van der Waals surface area contributed by atoms with E-state index in [4.69, 9.17) is 4.74 Å². The summed E-state index contributed by atoms with van der Waals surface area (Å²) in [4.78, 5) is 7.21. The molecule has 2 fully saturated rings. The first-order valence-corrected chi connectivity index (χ1v) is 10.5. The molecule has 2 aliphatic rings. The van der Waals surface area contributed by atoms with Crippen LogP contribution in [-0.4, -0.2) is 62.4 Å². The van der Waals surface area contributed by atoms with Gasteiger partial charge in [0.15, 0.2) is 5.96 Å². The fourth-order valence-corrected chi connectivity index (χ4v) is 4.15. The number of hydrogen-bond acceptors (Lipinski definition) is 4. The number of halogens is 2. The molecule has 2 aliphatic heterocycles. The van der Waals surface area contributed by atoms with Crippen molar-refractivity contribution in [2.45, 2.75) is 51.3 Å². The van der Waals surface area contributed by atoms with Gasteiger partial charge in [-0.05, 0) is 51.8 Å². The molecule has 0 bridgehead atoms. The highest BCUT2D eigenvalue weighted by atomic mass is 19.3. The van der Waals surface area contributed by atoms with Crippen LogP contribution in [0, 0.1) is 0 Å². The largest absolute Gasteiger partial charge is 0.434 e. The van der Waals surface area contributed by atoms with Crippen LogP contribution in [-0.2, 0) is 11.3 Å². The van der Waals surface area contributed by atoms with Crippen LogP contribution in [0.4, 0.5) is 8.78 Å². The number of nitrogens with zero attached hydrogens (tertiary/aromatic N) is 2. The second-order valence-corrected chi connectivity index (χ2v) is 7.57. The molecule has 0 atom stereocenters. The van der Waals surface area contributed by atoms with Gasteiger partial charge in [-0.1, -0.05) is 18.2 Å². The number of guanidine groups is 1. The summed E-state index contributed by atoms with van der Waals surface area (Å²) in [5, 5.41) is 6.75. The Balaban J connectivity index is 1.67. The second kappa shape index (κ2) is 10.7. The van der Waals surface area contributed by atoms with Crippen molar-refractivity contribution >= 4 is 5.96 Å². The van der Waals surface area contributed by atoms with Crippen LogP contribution in [0.1, 0.15) is 38.2 Å². The van der Waals surface area contributed by atoms with Crippen LogP contribution < -0.4 is 15.4 Å². The lowest BCUT2D eigenvalue weighted by Gasteiger charge is -2.45. The van der Waals surface area contributed by atoms with Crippen LogP contribution >= 0.6 is 0 Å². The van der Waals surface area contributed by atoms with Crippen molar-refractivity contribution in [2.24, 2.45) is 4.99 Å². The van der Waals surface area contributed by atoms with E-state index < -0.39 is 6.61 Å². The highest BCUT2D eigenvalue weighted by Crippen LogP contribution is 2.30. The minimum Gasteiger partial charge on any atom is -0.434 e. The van der Waals surface area contributed by atoms with E-state index in [0.29, 0.717) is 11.5 Å². The third-order valence-electron chi connectivity index (χ3n) is 5.73. The molecule has 0 spiro atoms. The number of likely N-dealkylation sites (tertiary alicyclic amines) is 1. The lowest BCUT2D eigenvalue weighted by Crippen LogP contribution is -2.58. The molecule has 0 radical (unpaired) electrons. The summed E-state index contributed by atoms with van der Waals surface area (Å²) in [6, 6.07) is 6.78. The fourth-order valence-electron chi connectivity index (χ4n) is 4.15. The average Bonchev–Trinajstić information content (AvgIpc) is 3.27. The van der Waals surface area contributed by atoms with Gasteiger partial charge < -0.3 is 20.1 Å². The van der Waals surface area contributed by atoms with Crippen molar-refractivity contribution in [3.63, 3.8) is 0 Å². The van der Waals surface area contributed by atoms with Crippen molar-refractivity contribution < 1.29 is 18.3 Å². The van der Waals surface area contributed by atoms with Gasteiger partial charge >= 0.3 is 6.61 Å². The summed E-state index contributed by atoms with van der Waals surface area (Å²) in [5.74, 6) is 0.851. The third-order valence-corrected chi connectivity index (χ3v) is 5.73. The van der Waals surface area contributed by atoms with E-state index in [-0.39, 0.29) is 17.8 Å². The maximum atomic E-state index is 12.6. The lowest BCUT2D eigenvalue weighted by molar-refractivity contribution is -0.0504. The predicted molar refractivity (Wildman–Crippen MR) is 109 cm³/mol. The molecular formula is C21H32F2N4O2. The van der Waals surface area contributed by atoms with E-state index >= 15 is 0 Å². The van der Waals surface area contributed by atoms with Gasteiger partial charge in [-0.3, -0.25) is 4.90 Å². The summed E-state index contributed by atoms with van der Waals surface area (Å²) < 4.78 is 35.5. The average molecular weight is 411 g/mol. The van der Waals surface area contributed by atoms with Crippen molar-refractivity contribution in [2.75, 3.05) is 39.4 Å². The predicted octanol–water partition coefficient (Wildman–Crippen LogP) is 2.99. The summed E-state index contributed by atoms with van der Waals surface area (Å²) in [7, 11) is 0. The van der Waals surface area contributed by atoms with Crippen LogP contribution in [0.3, 0.4) is 0 Å². The summed E-state index contributed by atoms with van der Waals surface area (Å²) in [6.07, 6.45) is 4.50. The van der Waals surface area contributed by atoms with E-state index in [2.05, 4.69) is 25.3 Å². The summed E-state index contributed by atoms with van der Waals surface area (Å²) in [6.45, 7) is 4.77. The Hall–Kier alpha value is -1.93. The molecule has 2 heterocycles. The quantitative estimate of drug-likeness (QED) is 0.510. The Bertz CT molecular complexity index is 660. The number of hydrogen-bond donors (Lipinski definition) is 2. The van der Waals surface area contributed by atoms with Gasteiger partial charge in [0.05, 0.1) is 6.54 Å². The van der Waals surface area contributed by atoms with Crippen molar-refractivity contribution in [3.8, 4) is 5.75 Å². The molecule has 0 unspecified atom stereocenters. The van der Waals surface area contributed by atoms with E-state index in [0.717, 1.165) is 52.2 Å². The van der Waals surface area contributed by atoms with Gasteiger partial charge in [0.1, 0.15) is 5.75 Å². The molecule has 0 amide bonds. The third kappa shape index (κ3) is 6.02. The second-order valence-electron chi connectivity index (χ2n) is 7.57. The molecule has 0 aromatic heterocycles. The molecule has 0 aliphatic carbocycles. The topological polar surface area (TPSA) is 58.1 Å². The molecule has 2 N–H and O–H groups in total. The molecule has 3 rings (SSSR count). The minimum absolute atomic E-state index is 0.0850. The minimum atomic E-state index is -2.85. The summed E-state index contributed by atoms with van der Waals surface area (Å²) in [5.41, 5.74) is 0.715. The van der Waals surface area contributed by atoms with Gasteiger partial charge in [0.25, 0.3) is 0 Å². The molecule has 6 nitrogen and oxygen atoms in total. The number of nitrogens with one attached hydrogen (secondary N) is 2. The number of benzene rings is 1. The maximum Gasteiger partial charge on any atom is 0.387 e. The zero-order valence-electron chi connectivity index (χ0n) is 17.1. The monoisotopic (exact) mass is 410 g/mol. The number of alkyl halides is 2. The molecule has 162 valence electrons.